The highest BCUT2D eigenvalue weighted by molar-refractivity contribution is 5.89. The minimum absolute atomic E-state index is 0.253. The first-order valence-electron chi connectivity index (χ1n) is 7.43. The summed E-state index contributed by atoms with van der Waals surface area (Å²) in [5.74, 6) is 0.360. The topological polar surface area (TPSA) is 70.7 Å². The Morgan fingerprint density at radius 3 is 2.65 bits per heavy atom. The second-order valence-electron chi connectivity index (χ2n) is 6.08. The van der Waals surface area contributed by atoms with Crippen molar-refractivity contribution in [2.45, 2.75) is 32.2 Å². The number of carbonyl (C=O) groups is 2. The molecule has 0 radical (unpaired) electrons. The first-order valence-corrected chi connectivity index (χ1v) is 7.43. The van der Waals surface area contributed by atoms with Crippen LogP contribution in [0.4, 0.5) is 15.3 Å². The monoisotopic (exact) mass is 319 g/mol. The minimum Gasteiger partial charge on any atom is -0.410 e. The average molecular weight is 319 g/mol. The molecule has 0 aliphatic rings. The summed E-state index contributed by atoms with van der Waals surface area (Å²) in [6, 6.07) is 6.42. The normalized spacial score (nSPS) is 10.6. The van der Waals surface area contributed by atoms with Crippen LogP contribution >= 0.6 is 0 Å². The summed E-state index contributed by atoms with van der Waals surface area (Å²) < 4.78 is 5.27. The lowest BCUT2D eigenvalue weighted by atomic mass is 9.99. The van der Waals surface area contributed by atoms with Crippen molar-refractivity contribution in [3.63, 3.8) is 0 Å². The number of hydrogen-bond donors (Lipinski definition) is 2. The number of nitrogens with one attached hydrogen (secondary N) is 2. The second-order valence-corrected chi connectivity index (χ2v) is 6.08. The fourth-order valence-electron chi connectivity index (χ4n) is 1.81. The molecule has 126 valence electrons. The van der Waals surface area contributed by atoms with Crippen molar-refractivity contribution in [1.29, 1.82) is 0 Å². The zero-order chi connectivity index (χ0) is 17.5. The van der Waals surface area contributed by atoms with E-state index in [2.05, 4.69) is 17.2 Å². The van der Waals surface area contributed by atoms with Crippen LogP contribution in [0, 0.1) is 0 Å². The summed E-state index contributed by atoms with van der Waals surface area (Å²) >= 11 is 0. The molecule has 0 fully saturated rings. The van der Waals surface area contributed by atoms with Crippen molar-refractivity contribution in [2.75, 3.05) is 19.4 Å². The maximum Gasteiger partial charge on any atom is 0.413 e. The molecule has 1 aromatic carbocycles. The van der Waals surface area contributed by atoms with Gasteiger partial charge in [-0.15, -0.1) is 6.58 Å². The van der Waals surface area contributed by atoms with Gasteiger partial charge in [0.25, 0.3) is 0 Å². The molecular formula is C17H25N3O3. The molecule has 6 heteroatoms. The molecule has 6 nitrogen and oxygen atoms in total. The van der Waals surface area contributed by atoms with E-state index in [1.54, 1.807) is 38.4 Å². The molecule has 0 unspecified atom stereocenters. The van der Waals surface area contributed by atoms with Crippen LogP contribution < -0.4 is 15.4 Å². The Kier molecular flexibility index (Phi) is 6.63. The standard InChI is InChI=1S/C17H25N3O3/c1-6-7-11-17(2,3)19-16(22)23-14-10-8-9-13(12-14)18-15(21)20(4)5/h6,8-10,12H,1,7,11H2,2-5H3,(H,18,21)(H,19,22). The van der Waals surface area contributed by atoms with Crippen LogP contribution in [0.1, 0.15) is 26.7 Å². The molecule has 23 heavy (non-hydrogen) atoms. The zero-order valence-corrected chi connectivity index (χ0v) is 14.2. The van der Waals surface area contributed by atoms with Crippen molar-refractivity contribution in [2.24, 2.45) is 0 Å². The maximum absolute atomic E-state index is 12.0. The summed E-state index contributed by atoms with van der Waals surface area (Å²) in [5, 5.41) is 5.51. The smallest absolute Gasteiger partial charge is 0.410 e. The molecular weight excluding hydrogens is 294 g/mol. The van der Waals surface area contributed by atoms with Gasteiger partial charge in [0, 0.05) is 31.4 Å². The molecule has 1 rings (SSSR count). The van der Waals surface area contributed by atoms with E-state index in [4.69, 9.17) is 4.74 Å². The van der Waals surface area contributed by atoms with Gasteiger partial charge < -0.3 is 20.3 Å². The summed E-state index contributed by atoms with van der Waals surface area (Å²) in [5.41, 5.74) is 0.169. The van der Waals surface area contributed by atoms with Gasteiger partial charge in [0.2, 0.25) is 0 Å². The van der Waals surface area contributed by atoms with Gasteiger partial charge in [0.05, 0.1) is 0 Å². The number of allylic oxidation sites excluding steroid dienone is 1. The van der Waals surface area contributed by atoms with E-state index < -0.39 is 6.09 Å². The lowest BCUT2D eigenvalue weighted by molar-refractivity contribution is 0.187. The fraction of sp³-hybridized carbons (Fsp3) is 0.412. The molecule has 3 amide bonds. The number of urea groups is 1. The van der Waals surface area contributed by atoms with E-state index >= 15 is 0 Å². The summed E-state index contributed by atoms with van der Waals surface area (Å²) in [6.07, 6.45) is 2.85. The zero-order valence-electron chi connectivity index (χ0n) is 14.2. The SMILES string of the molecule is C=CCCC(C)(C)NC(=O)Oc1cccc(NC(=O)N(C)C)c1. The third-order valence-electron chi connectivity index (χ3n) is 3.12. The van der Waals surface area contributed by atoms with Crippen molar-refractivity contribution >= 4 is 17.8 Å². The number of hydrogen-bond acceptors (Lipinski definition) is 3. The fourth-order valence-corrected chi connectivity index (χ4v) is 1.81. The molecule has 0 saturated carbocycles. The van der Waals surface area contributed by atoms with Gasteiger partial charge in [-0.25, -0.2) is 9.59 Å². The highest BCUT2D eigenvalue weighted by Crippen LogP contribution is 2.18. The van der Waals surface area contributed by atoms with Crippen molar-refractivity contribution in [3.05, 3.63) is 36.9 Å². The highest BCUT2D eigenvalue weighted by Gasteiger charge is 2.20. The Labute approximate surface area is 137 Å². The van der Waals surface area contributed by atoms with Crippen molar-refractivity contribution < 1.29 is 14.3 Å². The summed E-state index contributed by atoms with van der Waals surface area (Å²) in [7, 11) is 3.29. The van der Waals surface area contributed by atoms with Gasteiger partial charge >= 0.3 is 12.1 Å². The van der Waals surface area contributed by atoms with Crippen molar-refractivity contribution in [3.8, 4) is 5.75 Å². The molecule has 0 aliphatic heterocycles. The van der Waals surface area contributed by atoms with E-state index in [-0.39, 0.29) is 11.6 Å². The number of nitrogens with zero attached hydrogens (tertiary/aromatic N) is 1. The largest absolute Gasteiger partial charge is 0.413 e. The van der Waals surface area contributed by atoms with Crippen LogP contribution in [0.5, 0.6) is 5.75 Å². The van der Waals surface area contributed by atoms with E-state index in [1.807, 2.05) is 19.9 Å². The van der Waals surface area contributed by atoms with E-state index in [1.165, 1.54) is 4.90 Å². The highest BCUT2D eigenvalue weighted by atomic mass is 16.6. The quantitative estimate of drug-likeness (QED) is 0.787. The number of carbonyl (C=O) groups excluding carboxylic acids is 2. The lowest BCUT2D eigenvalue weighted by Crippen LogP contribution is -2.44. The molecule has 0 atom stereocenters. The molecule has 0 aliphatic carbocycles. The summed E-state index contributed by atoms with van der Waals surface area (Å²) in [4.78, 5) is 25.0. The maximum atomic E-state index is 12.0. The molecule has 0 bridgehead atoms. The Bertz CT molecular complexity index is 568. The molecule has 0 spiro atoms. The number of anilines is 1. The first-order chi connectivity index (χ1) is 10.7. The van der Waals surface area contributed by atoms with E-state index in [9.17, 15) is 9.59 Å². The van der Waals surface area contributed by atoms with Crippen LogP contribution in [0.3, 0.4) is 0 Å². The Morgan fingerprint density at radius 1 is 1.35 bits per heavy atom. The van der Waals surface area contributed by atoms with Gasteiger partial charge in [-0.3, -0.25) is 0 Å². The van der Waals surface area contributed by atoms with Gasteiger partial charge in [-0.1, -0.05) is 12.1 Å². The second kappa shape index (κ2) is 8.22. The Hall–Kier alpha value is -2.50. The summed E-state index contributed by atoms with van der Waals surface area (Å²) in [6.45, 7) is 7.52. The number of rotatable bonds is 6. The number of amides is 3. The number of ether oxygens (including phenoxy) is 1. The molecule has 0 heterocycles. The van der Waals surface area contributed by atoms with Crippen LogP contribution in [0.15, 0.2) is 36.9 Å². The van der Waals surface area contributed by atoms with Crippen LogP contribution in [-0.4, -0.2) is 36.7 Å². The van der Waals surface area contributed by atoms with Gasteiger partial charge in [-0.2, -0.15) is 0 Å². The van der Waals surface area contributed by atoms with Crippen molar-refractivity contribution in [1.82, 2.24) is 10.2 Å². The first kappa shape index (κ1) is 18.5. The molecule has 0 aromatic heterocycles. The number of benzene rings is 1. The molecule has 1 aromatic rings. The lowest BCUT2D eigenvalue weighted by Gasteiger charge is -2.25. The van der Waals surface area contributed by atoms with Gasteiger partial charge in [-0.05, 0) is 38.8 Å². The van der Waals surface area contributed by atoms with Crippen LogP contribution in [0.2, 0.25) is 0 Å². The third kappa shape index (κ3) is 6.86. The minimum atomic E-state index is -0.532. The van der Waals surface area contributed by atoms with Gasteiger partial charge in [0.15, 0.2) is 0 Å². The third-order valence-corrected chi connectivity index (χ3v) is 3.12. The van der Waals surface area contributed by atoms with Gasteiger partial charge in [0.1, 0.15) is 5.75 Å². The predicted molar refractivity (Wildman–Crippen MR) is 91.8 cm³/mol. The van der Waals surface area contributed by atoms with Crippen LogP contribution in [0.25, 0.3) is 0 Å². The Balaban J connectivity index is 2.65. The van der Waals surface area contributed by atoms with Crippen LogP contribution in [-0.2, 0) is 0 Å². The Morgan fingerprint density at radius 2 is 2.04 bits per heavy atom. The van der Waals surface area contributed by atoms with E-state index in [0.717, 1.165) is 12.8 Å². The average Bonchev–Trinajstić information content (AvgIpc) is 2.44. The van der Waals surface area contributed by atoms with E-state index in [0.29, 0.717) is 11.4 Å². The molecule has 0 saturated heterocycles. The predicted octanol–water partition coefficient (Wildman–Crippen LogP) is 3.61. The molecule has 2 N–H and O–H groups in total.